The summed E-state index contributed by atoms with van der Waals surface area (Å²) in [7, 11) is 0. The Morgan fingerprint density at radius 2 is 1.95 bits per heavy atom. The maximum absolute atomic E-state index is 5.88. The number of hydrogen-bond acceptors (Lipinski definition) is 2. The first-order valence-electron chi connectivity index (χ1n) is 7.03. The second kappa shape index (κ2) is 8.10. The van der Waals surface area contributed by atoms with E-state index >= 15 is 0 Å². The lowest BCUT2D eigenvalue weighted by atomic mass is 10.2. The van der Waals surface area contributed by atoms with Crippen LogP contribution >= 0.6 is 11.6 Å². The molecule has 0 aliphatic heterocycles. The van der Waals surface area contributed by atoms with Crippen molar-refractivity contribution in [1.82, 2.24) is 0 Å². The molecule has 0 atom stereocenters. The first kappa shape index (κ1) is 15.1. The summed E-state index contributed by atoms with van der Waals surface area (Å²) in [4.78, 5) is 0. The van der Waals surface area contributed by atoms with Gasteiger partial charge in [-0.25, -0.2) is 0 Å². The number of halogens is 1. The van der Waals surface area contributed by atoms with Gasteiger partial charge in [-0.2, -0.15) is 0 Å². The van der Waals surface area contributed by atoms with Crippen molar-refractivity contribution >= 4 is 11.6 Å². The van der Waals surface area contributed by atoms with Crippen LogP contribution in [0, 0.1) is 0 Å². The third-order valence-electron chi connectivity index (χ3n) is 3.04. The average Bonchev–Trinajstić information content (AvgIpc) is 2.92. The van der Waals surface area contributed by atoms with Gasteiger partial charge < -0.3 is 14.5 Å². The molecule has 0 aliphatic rings. The van der Waals surface area contributed by atoms with Gasteiger partial charge in [-0.1, -0.05) is 11.6 Å². The lowest BCUT2D eigenvalue weighted by molar-refractivity contribution is -0.672. The van der Waals surface area contributed by atoms with E-state index in [-0.39, 0.29) is 0 Å². The van der Waals surface area contributed by atoms with Gasteiger partial charge in [0, 0.05) is 23.6 Å². The predicted octanol–water partition coefficient (Wildman–Crippen LogP) is 3.09. The van der Waals surface area contributed by atoms with E-state index in [9.17, 15) is 0 Å². The summed E-state index contributed by atoms with van der Waals surface area (Å²) in [6.07, 6.45) is 1.07. The van der Waals surface area contributed by atoms with Gasteiger partial charge in [-0.05, 0) is 43.3 Å². The molecule has 2 N–H and O–H groups in total. The van der Waals surface area contributed by atoms with Gasteiger partial charge in [0.25, 0.3) is 0 Å². The summed E-state index contributed by atoms with van der Waals surface area (Å²) in [5.41, 5.74) is 1.05. The lowest BCUT2D eigenvalue weighted by Crippen LogP contribution is -2.82. The Morgan fingerprint density at radius 1 is 1.15 bits per heavy atom. The Morgan fingerprint density at radius 3 is 2.70 bits per heavy atom. The number of benzene rings is 1. The highest BCUT2D eigenvalue weighted by Gasteiger charge is 2.05. The number of hydrogen-bond donors (Lipinski definition) is 1. The molecule has 0 fully saturated rings. The number of quaternary nitrogens is 1. The van der Waals surface area contributed by atoms with E-state index in [0.717, 1.165) is 54.8 Å². The van der Waals surface area contributed by atoms with E-state index in [2.05, 4.69) is 5.32 Å². The van der Waals surface area contributed by atoms with Crippen LogP contribution in [0.25, 0.3) is 11.3 Å². The van der Waals surface area contributed by atoms with Crippen LogP contribution in [0.4, 0.5) is 0 Å². The first-order valence-corrected chi connectivity index (χ1v) is 7.41. The molecule has 0 saturated carbocycles. The van der Waals surface area contributed by atoms with Gasteiger partial charge in [-0.3, -0.25) is 0 Å². The molecule has 2 aromatic rings. The topological polar surface area (TPSA) is 39.0 Å². The molecule has 108 valence electrons. The normalized spacial score (nSPS) is 10.9. The Bertz CT molecular complexity index is 507. The molecule has 1 aromatic heterocycles. The Kier molecular flexibility index (Phi) is 6.12. The van der Waals surface area contributed by atoms with E-state index in [1.165, 1.54) is 0 Å². The van der Waals surface area contributed by atoms with Crippen LogP contribution in [0.1, 0.15) is 19.1 Å². The van der Waals surface area contributed by atoms with E-state index < -0.39 is 0 Å². The predicted molar refractivity (Wildman–Crippen MR) is 80.8 cm³/mol. The molecule has 2 rings (SSSR count). The second-order valence-electron chi connectivity index (χ2n) is 4.60. The van der Waals surface area contributed by atoms with E-state index in [0.29, 0.717) is 0 Å². The molecule has 4 heteroatoms. The minimum atomic E-state index is 0.739. The molecule has 1 heterocycles. The molecule has 0 aliphatic carbocycles. The SMILES string of the molecule is CCOCCC[NH2+]Cc1ccc(-c2ccc(Cl)cc2)o1. The smallest absolute Gasteiger partial charge is 0.158 e. The third-order valence-corrected chi connectivity index (χ3v) is 3.29. The van der Waals surface area contributed by atoms with Crippen molar-refractivity contribution in [2.75, 3.05) is 19.8 Å². The van der Waals surface area contributed by atoms with Gasteiger partial charge in [-0.15, -0.1) is 0 Å². The number of furan rings is 1. The molecule has 1 aromatic carbocycles. The molecule has 0 amide bonds. The van der Waals surface area contributed by atoms with Gasteiger partial charge in [0.15, 0.2) is 5.76 Å². The molecule has 0 bridgehead atoms. The standard InChI is InChI=1S/C16H20ClNO2/c1-2-19-11-3-10-18-12-15-8-9-16(20-15)13-4-6-14(17)7-5-13/h4-9,18H,2-3,10-12H2,1H3/p+1. The highest BCUT2D eigenvalue weighted by molar-refractivity contribution is 6.30. The zero-order valence-electron chi connectivity index (χ0n) is 11.8. The van der Waals surface area contributed by atoms with E-state index in [1.54, 1.807) is 0 Å². The summed E-state index contributed by atoms with van der Waals surface area (Å²) in [6.45, 7) is 5.56. The largest absolute Gasteiger partial charge is 0.455 e. The zero-order chi connectivity index (χ0) is 14.2. The molecule has 20 heavy (non-hydrogen) atoms. The minimum absolute atomic E-state index is 0.739. The molecule has 0 saturated heterocycles. The van der Waals surface area contributed by atoms with Crippen LogP contribution in [0.2, 0.25) is 5.02 Å². The maximum atomic E-state index is 5.88. The Hall–Kier alpha value is -1.29. The van der Waals surface area contributed by atoms with Crippen molar-refractivity contribution in [3.05, 3.63) is 47.2 Å². The highest BCUT2D eigenvalue weighted by atomic mass is 35.5. The highest BCUT2D eigenvalue weighted by Crippen LogP contribution is 2.23. The van der Waals surface area contributed by atoms with Crippen molar-refractivity contribution in [3.8, 4) is 11.3 Å². The molecule has 0 spiro atoms. The molecular formula is C16H21ClNO2+. The lowest BCUT2D eigenvalue weighted by Gasteiger charge is -2.01. The fraction of sp³-hybridized carbons (Fsp3) is 0.375. The fourth-order valence-corrected chi connectivity index (χ4v) is 2.10. The Balaban J connectivity index is 1.79. The molecule has 3 nitrogen and oxygen atoms in total. The van der Waals surface area contributed by atoms with Gasteiger partial charge in [0.05, 0.1) is 13.2 Å². The molecular weight excluding hydrogens is 274 g/mol. The van der Waals surface area contributed by atoms with E-state index in [4.69, 9.17) is 20.8 Å². The van der Waals surface area contributed by atoms with Gasteiger partial charge >= 0.3 is 0 Å². The summed E-state index contributed by atoms with van der Waals surface area (Å²) in [5, 5.41) is 2.98. The monoisotopic (exact) mass is 294 g/mol. The van der Waals surface area contributed by atoms with Crippen LogP contribution in [-0.4, -0.2) is 19.8 Å². The molecule has 0 unspecified atom stereocenters. The Labute approximate surface area is 124 Å². The average molecular weight is 295 g/mol. The second-order valence-corrected chi connectivity index (χ2v) is 5.04. The van der Waals surface area contributed by atoms with Crippen LogP contribution in [0.3, 0.4) is 0 Å². The van der Waals surface area contributed by atoms with Crippen LogP contribution in [0.15, 0.2) is 40.8 Å². The summed E-state index contributed by atoms with van der Waals surface area (Å²) in [5.74, 6) is 1.88. The van der Waals surface area contributed by atoms with Gasteiger partial charge in [0.2, 0.25) is 0 Å². The van der Waals surface area contributed by atoms with E-state index in [1.807, 2.05) is 43.3 Å². The minimum Gasteiger partial charge on any atom is -0.455 e. The van der Waals surface area contributed by atoms with Crippen molar-refractivity contribution in [2.45, 2.75) is 19.9 Å². The van der Waals surface area contributed by atoms with Crippen LogP contribution in [0.5, 0.6) is 0 Å². The quantitative estimate of drug-likeness (QED) is 0.760. The van der Waals surface area contributed by atoms with Crippen molar-refractivity contribution in [1.29, 1.82) is 0 Å². The zero-order valence-corrected chi connectivity index (χ0v) is 12.5. The maximum Gasteiger partial charge on any atom is 0.158 e. The first-order chi connectivity index (χ1) is 9.79. The van der Waals surface area contributed by atoms with Crippen molar-refractivity contribution in [2.24, 2.45) is 0 Å². The van der Waals surface area contributed by atoms with Crippen LogP contribution in [-0.2, 0) is 11.3 Å². The summed E-state index contributed by atoms with van der Waals surface area (Å²) >= 11 is 5.88. The van der Waals surface area contributed by atoms with Crippen molar-refractivity contribution < 1.29 is 14.5 Å². The summed E-state index contributed by atoms with van der Waals surface area (Å²) in [6, 6.07) is 11.7. The number of rotatable bonds is 8. The number of ether oxygens (including phenoxy) is 1. The fourth-order valence-electron chi connectivity index (χ4n) is 1.98. The van der Waals surface area contributed by atoms with Gasteiger partial charge in [0.1, 0.15) is 12.3 Å². The van der Waals surface area contributed by atoms with Crippen molar-refractivity contribution in [3.63, 3.8) is 0 Å². The molecule has 0 radical (unpaired) electrons. The summed E-state index contributed by atoms with van der Waals surface area (Å²) < 4.78 is 11.1. The third kappa shape index (κ3) is 4.67. The van der Waals surface area contributed by atoms with Crippen LogP contribution < -0.4 is 5.32 Å². The number of nitrogens with two attached hydrogens (primary N) is 1.